The number of alkyl carbamates (subject to hydrolysis) is 1. The number of carboxylic acid groups (broad SMARTS) is 1. The average molecular weight is 471 g/mol. The Balaban J connectivity index is 1.26. The van der Waals surface area contributed by atoms with Crippen molar-refractivity contribution in [2.45, 2.75) is 31.7 Å². The first kappa shape index (κ1) is 22.7. The molecule has 2 N–H and O–H groups in total. The number of aromatic carboxylic acids is 1. The minimum atomic E-state index is -1.21. The molecule has 2 amide bonds. The predicted molar refractivity (Wildman–Crippen MR) is 132 cm³/mol. The second-order valence-electron chi connectivity index (χ2n) is 9.43. The topological polar surface area (TPSA) is 95.9 Å². The van der Waals surface area contributed by atoms with Crippen LogP contribution in [-0.4, -0.2) is 41.8 Å². The number of carbonyl (C=O) groups is 3. The molecule has 0 fully saturated rings. The molecule has 0 radical (unpaired) electrons. The SMILES string of the molecule is CC(C)(NC(=O)OCC1c2ccccc2-c2ccccc21)C(=O)N1CCc2cc(C(=O)O)ccc21. The number of hydrogen-bond donors (Lipinski definition) is 2. The molecule has 7 heteroatoms. The lowest BCUT2D eigenvalue weighted by Gasteiger charge is -2.30. The predicted octanol–water partition coefficient (Wildman–Crippen LogP) is 4.59. The lowest BCUT2D eigenvalue weighted by atomic mass is 9.98. The van der Waals surface area contributed by atoms with Crippen molar-refractivity contribution >= 4 is 23.7 Å². The van der Waals surface area contributed by atoms with Crippen LogP contribution in [0.5, 0.6) is 0 Å². The highest BCUT2D eigenvalue weighted by Crippen LogP contribution is 2.44. The van der Waals surface area contributed by atoms with Gasteiger partial charge in [0.1, 0.15) is 12.1 Å². The van der Waals surface area contributed by atoms with Gasteiger partial charge >= 0.3 is 12.1 Å². The first-order chi connectivity index (χ1) is 16.8. The van der Waals surface area contributed by atoms with Crippen LogP contribution in [0.3, 0.4) is 0 Å². The standard InChI is InChI=1S/C28H26N2O5/c1-28(2,26(33)30-14-13-17-15-18(25(31)32)11-12-24(17)30)29-27(34)35-16-23-21-9-5-3-7-19(21)20-8-4-6-10-22(20)23/h3-12,15,23H,13-14,16H2,1-2H3,(H,29,34)(H,31,32). The smallest absolute Gasteiger partial charge is 0.408 e. The van der Waals surface area contributed by atoms with Crippen molar-refractivity contribution in [1.29, 1.82) is 0 Å². The Morgan fingerprint density at radius 2 is 1.63 bits per heavy atom. The van der Waals surface area contributed by atoms with Crippen LogP contribution < -0.4 is 10.2 Å². The van der Waals surface area contributed by atoms with Gasteiger partial charge in [-0.25, -0.2) is 9.59 Å². The van der Waals surface area contributed by atoms with E-state index in [-0.39, 0.29) is 24.0 Å². The number of carbonyl (C=O) groups excluding carboxylic acids is 2. The molecule has 1 aliphatic carbocycles. The minimum Gasteiger partial charge on any atom is -0.478 e. The molecular weight excluding hydrogens is 444 g/mol. The van der Waals surface area contributed by atoms with Crippen LogP contribution in [0.15, 0.2) is 66.7 Å². The number of benzene rings is 3. The summed E-state index contributed by atoms with van der Waals surface area (Å²) in [7, 11) is 0. The number of anilines is 1. The zero-order valence-corrected chi connectivity index (χ0v) is 19.6. The van der Waals surface area contributed by atoms with Gasteiger partial charge in [-0.2, -0.15) is 0 Å². The quantitative estimate of drug-likeness (QED) is 0.569. The Labute approximate surface area is 203 Å². The molecule has 7 nitrogen and oxygen atoms in total. The number of rotatable bonds is 5. The Morgan fingerprint density at radius 3 is 2.26 bits per heavy atom. The summed E-state index contributed by atoms with van der Waals surface area (Å²) in [5, 5.41) is 11.9. The van der Waals surface area contributed by atoms with Gasteiger partial charge in [0, 0.05) is 18.2 Å². The second kappa shape index (κ2) is 8.58. The maximum atomic E-state index is 13.3. The first-order valence-corrected chi connectivity index (χ1v) is 11.6. The van der Waals surface area contributed by atoms with Gasteiger partial charge in [0.25, 0.3) is 5.91 Å². The van der Waals surface area contributed by atoms with E-state index in [0.717, 1.165) is 27.8 Å². The van der Waals surface area contributed by atoms with Crippen molar-refractivity contribution in [2.24, 2.45) is 0 Å². The fourth-order valence-corrected chi connectivity index (χ4v) is 5.03. The van der Waals surface area contributed by atoms with E-state index < -0.39 is 17.6 Å². The molecule has 0 saturated carbocycles. The maximum Gasteiger partial charge on any atom is 0.408 e. The van der Waals surface area contributed by atoms with Crippen LogP contribution in [-0.2, 0) is 16.0 Å². The fourth-order valence-electron chi connectivity index (χ4n) is 5.03. The monoisotopic (exact) mass is 470 g/mol. The second-order valence-corrected chi connectivity index (χ2v) is 9.43. The fraction of sp³-hybridized carbons (Fsp3) is 0.250. The van der Waals surface area contributed by atoms with E-state index in [9.17, 15) is 19.5 Å². The average Bonchev–Trinajstić information content (AvgIpc) is 3.40. The minimum absolute atomic E-state index is 0.0687. The summed E-state index contributed by atoms with van der Waals surface area (Å²) in [4.78, 5) is 38.9. The number of nitrogens with one attached hydrogen (secondary N) is 1. The molecule has 5 rings (SSSR count). The highest BCUT2D eigenvalue weighted by atomic mass is 16.5. The van der Waals surface area contributed by atoms with Crippen molar-refractivity contribution in [2.75, 3.05) is 18.1 Å². The van der Waals surface area contributed by atoms with E-state index in [4.69, 9.17) is 4.74 Å². The van der Waals surface area contributed by atoms with Crippen molar-refractivity contribution < 1.29 is 24.2 Å². The van der Waals surface area contributed by atoms with E-state index in [0.29, 0.717) is 18.7 Å². The molecule has 0 saturated heterocycles. The molecule has 35 heavy (non-hydrogen) atoms. The molecule has 1 heterocycles. The van der Waals surface area contributed by atoms with E-state index in [1.807, 2.05) is 24.3 Å². The highest BCUT2D eigenvalue weighted by Gasteiger charge is 2.38. The van der Waals surface area contributed by atoms with Crippen LogP contribution in [0.2, 0.25) is 0 Å². The molecule has 0 spiro atoms. The number of carboxylic acids is 1. The third-order valence-corrected chi connectivity index (χ3v) is 6.76. The van der Waals surface area contributed by atoms with Crippen molar-refractivity contribution in [3.63, 3.8) is 0 Å². The number of hydrogen-bond acceptors (Lipinski definition) is 4. The van der Waals surface area contributed by atoms with Crippen molar-refractivity contribution in [3.05, 3.63) is 89.0 Å². The zero-order chi connectivity index (χ0) is 24.7. The molecular formula is C28H26N2O5. The van der Waals surface area contributed by atoms with Gasteiger partial charge in [-0.1, -0.05) is 48.5 Å². The summed E-state index contributed by atoms with van der Waals surface area (Å²) in [6.07, 6.45) is -0.102. The zero-order valence-electron chi connectivity index (χ0n) is 19.6. The summed E-state index contributed by atoms with van der Waals surface area (Å²) in [6, 6.07) is 20.9. The Kier molecular flexibility index (Phi) is 5.55. The van der Waals surface area contributed by atoms with Crippen LogP contribution in [0.1, 0.15) is 46.8 Å². The summed E-state index contributed by atoms with van der Waals surface area (Å²) >= 11 is 0. The molecule has 0 unspecified atom stereocenters. The van der Waals surface area contributed by atoms with Crippen molar-refractivity contribution in [3.8, 4) is 11.1 Å². The van der Waals surface area contributed by atoms with Gasteiger partial charge in [-0.05, 0) is 66.3 Å². The van der Waals surface area contributed by atoms with Gasteiger partial charge < -0.3 is 20.1 Å². The van der Waals surface area contributed by atoms with Crippen LogP contribution in [0.4, 0.5) is 10.5 Å². The van der Waals surface area contributed by atoms with Gasteiger partial charge in [0.2, 0.25) is 0 Å². The Morgan fingerprint density at radius 1 is 1.00 bits per heavy atom. The maximum absolute atomic E-state index is 13.3. The van der Waals surface area contributed by atoms with Crippen LogP contribution in [0.25, 0.3) is 11.1 Å². The van der Waals surface area contributed by atoms with Gasteiger partial charge in [-0.3, -0.25) is 4.79 Å². The number of fused-ring (bicyclic) bond motifs is 4. The van der Waals surface area contributed by atoms with Crippen LogP contribution >= 0.6 is 0 Å². The first-order valence-electron chi connectivity index (χ1n) is 11.6. The van der Waals surface area contributed by atoms with E-state index in [2.05, 4.69) is 29.6 Å². The Bertz CT molecular complexity index is 1300. The van der Waals surface area contributed by atoms with Gasteiger partial charge in [0.05, 0.1) is 5.56 Å². The summed E-state index contributed by atoms with van der Waals surface area (Å²) in [6.45, 7) is 3.86. The largest absolute Gasteiger partial charge is 0.478 e. The normalized spacial score (nSPS) is 14.2. The molecule has 0 bridgehead atoms. The van der Waals surface area contributed by atoms with E-state index >= 15 is 0 Å². The molecule has 1 aliphatic heterocycles. The number of nitrogens with zero attached hydrogens (tertiary/aromatic N) is 1. The number of ether oxygens (including phenoxy) is 1. The lowest BCUT2D eigenvalue weighted by molar-refractivity contribution is -0.123. The molecule has 2 aliphatic rings. The third kappa shape index (κ3) is 4.03. The van der Waals surface area contributed by atoms with Crippen molar-refractivity contribution in [1.82, 2.24) is 5.32 Å². The molecule has 3 aromatic rings. The summed E-state index contributed by atoms with van der Waals surface area (Å²) in [5.41, 5.74) is 4.97. The number of amides is 2. The third-order valence-electron chi connectivity index (χ3n) is 6.76. The molecule has 0 aromatic heterocycles. The Hall–Kier alpha value is -4.13. The highest BCUT2D eigenvalue weighted by molar-refractivity contribution is 6.03. The summed E-state index contributed by atoms with van der Waals surface area (Å²) < 4.78 is 5.61. The van der Waals surface area contributed by atoms with Gasteiger partial charge in [0.15, 0.2) is 0 Å². The van der Waals surface area contributed by atoms with Gasteiger partial charge in [-0.15, -0.1) is 0 Å². The lowest BCUT2D eigenvalue weighted by Crippen LogP contribution is -2.56. The van der Waals surface area contributed by atoms with Crippen LogP contribution in [0, 0.1) is 0 Å². The van der Waals surface area contributed by atoms with E-state index in [1.54, 1.807) is 30.9 Å². The summed E-state index contributed by atoms with van der Waals surface area (Å²) in [5.74, 6) is -1.36. The molecule has 3 aromatic carbocycles. The molecule has 0 atom stereocenters. The van der Waals surface area contributed by atoms with E-state index in [1.165, 1.54) is 6.07 Å². The molecule has 178 valence electrons.